The van der Waals surface area contributed by atoms with Crippen LogP contribution in [0.3, 0.4) is 0 Å². The van der Waals surface area contributed by atoms with Crippen LogP contribution in [0.5, 0.6) is 5.75 Å². The second kappa shape index (κ2) is 12.8. The van der Waals surface area contributed by atoms with Crippen LogP contribution in [-0.4, -0.2) is 30.3 Å². The highest BCUT2D eigenvalue weighted by Gasteiger charge is 2.26. The van der Waals surface area contributed by atoms with Crippen molar-refractivity contribution in [2.24, 2.45) is 5.41 Å². The van der Waals surface area contributed by atoms with Gasteiger partial charge in [0, 0.05) is 0 Å². The molecule has 5 heteroatoms. The molecule has 0 radical (unpaired) electrons. The molecule has 0 heterocycles. The van der Waals surface area contributed by atoms with Gasteiger partial charge in [0.2, 0.25) is 0 Å². The minimum Gasteiger partial charge on any atom is -0.507 e. The molecule has 1 aliphatic carbocycles. The average Bonchev–Trinajstić information content (AvgIpc) is 2.77. The number of benzene rings is 1. The van der Waals surface area contributed by atoms with Crippen LogP contribution in [-0.2, 0) is 14.3 Å². The predicted molar refractivity (Wildman–Crippen MR) is 135 cm³/mol. The number of para-hydroxylation sites is 1. The normalized spacial score (nSPS) is 16.9. The Labute approximate surface area is 203 Å². The first-order valence-corrected chi connectivity index (χ1v) is 11.6. The van der Waals surface area contributed by atoms with Gasteiger partial charge in [0.25, 0.3) is 0 Å². The van der Waals surface area contributed by atoms with Crippen LogP contribution < -0.4 is 0 Å². The average molecular weight is 465 g/mol. The lowest BCUT2D eigenvalue weighted by atomic mass is 9.72. The van der Waals surface area contributed by atoms with E-state index in [4.69, 9.17) is 9.47 Å². The molecule has 1 aromatic rings. The summed E-state index contributed by atoms with van der Waals surface area (Å²) in [4.78, 5) is 23.7. The summed E-state index contributed by atoms with van der Waals surface area (Å²) >= 11 is 0. The van der Waals surface area contributed by atoms with Crippen molar-refractivity contribution in [3.8, 4) is 5.75 Å². The van der Waals surface area contributed by atoms with Crippen molar-refractivity contribution in [3.63, 3.8) is 0 Å². The highest BCUT2D eigenvalue weighted by Crippen LogP contribution is 2.40. The molecule has 34 heavy (non-hydrogen) atoms. The number of esters is 2. The van der Waals surface area contributed by atoms with Crippen molar-refractivity contribution >= 4 is 11.9 Å². The molecule has 0 aromatic heterocycles. The van der Waals surface area contributed by atoms with E-state index < -0.39 is 18.5 Å². The molecule has 0 saturated carbocycles. The Bertz CT molecular complexity index is 1030. The van der Waals surface area contributed by atoms with Crippen LogP contribution in [0.4, 0.5) is 0 Å². The summed E-state index contributed by atoms with van der Waals surface area (Å²) in [5, 5.41) is 9.63. The molecular formula is C29H36O5. The van der Waals surface area contributed by atoms with Crippen molar-refractivity contribution < 1.29 is 24.2 Å². The van der Waals surface area contributed by atoms with Crippen LogP contribution in [0.1, 0.15) is 64.2 Å². The Morgan fingerprint density at radius 3 is 2.53 bits per heavy atom. The minimum absolute atomic E-state index is 0.00341. The van der Waals surface area contributed by atoms with E-state index in [1.54, 1.807) is 18.2 Å². The molecule has 1 aliphatic rings. The fourth-order valence-electron chi connectivity index (χ4n) is 3.86. The van der Waals surface area contributed by atoms with Crippen LogP contribution in [0.2, 0.25) is 0 Å². The maximum Gasteiger partial charge on any atom is 0.344 e. The number of carbonyl (C=O) groups is 2. The molecule has 0 saturated heterocycles. The van der Waals surface area contributed by atoms with Gasteiger partial charge in [-0.15, -0.1) is 0 Å². The second-order valence-corrected chi connectivity index (χ2v) is 9.26. The van der Waals surface area contributed by atoms with Gasteiger partial charge in [0.05, 0.1) is 0 Å². The number of allylic oxidation sites excluding steroid dienone is 9. The first-order valence-electron chi connectivity index (χ1n) is 11.6. The van der Waals surface area contributed by atoms with Gasteiger partial charge in [-0.05, 0) is 69.2 Å². The second-order valence-electron chi connectivity index (χ2n) is 9.26. The van der Waals surface area contributed by atoms with Crippen LogP contribution in [0, 0.1) is 5.41 Å². The van der Waals surface area contributed by atoms with Crippen molar-refractivity contribution in [2.75, 3.05) is 13.2 Å². The van der Waals surface area contributed by atoms with E-state index in [1.807, 2.05) is 25.2 Å². The van der Waals surface area contributed by atoms with Gasteiger partial charge in [-0.1, -0.05) is 73.1 Å². The number of phenols is 1. The van der Waals surface area contributed by atoms with Crippen LogP contribution >= 0.6 is 0 Å². The lowest BCUT2D eigenvalue weighted by Gasteiger charge is -2.32. The smallest absolute Gasteiger partial charge is 0.344 e. The zero-order valence-electron chi connectivity index (χ0n) is 20.9. The number of aromatic hydroxyl groups is 1. The number of rotatable bonds is 9. The monoisotopic (exact) mass is 464 g/mol. The standard InChI is InChI=1S/C29H36O5/c1-21(15-16-25-23(3)12-9-18-29(25,4)5)10-8-11-22(2)17-19-33-27(31)20-34-28(32)24-13-6-7-14-26(24)30/h6-8,10-11,13-17,30H,9,12,18-20H2,1-5H3/b11-8+,16-15+,21-10-,22-17-. The third-order valence-corrected chi connectivity index (χ3v) is 5.87. The number of ether oxygens (including phenoxy) is 2. The fourth-order valence-corrected chi connectivity index (χ4v) is 3.86. The van der Waals surface area contributed by atoms with Gasteiger partial charge < -0.3 is 14.6 Å². The summed E-state index contributed by atoms with van der Waals surface area (Å²) in [5.74, 6) is -1.64. The highest BCUT2D eigenvalue weighted by atomic mass is 16.6. The zero-order valence-corrected chi connectivity index (χ0v) is 20.9. The van der Waals surface area contributed by atoms with Gasteiger partial charge >= 0.3 is 11.9 Å². The maximum atomic E-state index is 11.9. The summed E-state index contributed by atoms with van der Waals surface area (Å²) in [7, 11) is 0. The van der Waals surface area contributed by atoms with E-state index in [9.17, 15) is 14.7 Å². The summed E-state index contributed by atoms with van der Waals surface area (Å²) in [6, 6.07) is 5.98. The van der Waals surface area contributed by atoms with Gasteiger partial charge in [0.15, 0.2) is 6.61 Å². The summed E-state index contributed by atoms with van der Waals surface area (Å²) in [5.41, 5.74) is 5.26. The van der Waals surface area contributed by atoms with Gasteiger partial charge in [-0.25, -0.2) is 9.59 Å². The molecule has 0 fully saturated rings. The van der Waals surface area contributed by atoms with Crippen LogP contribution in [0.15, 0.2) is 83.0 Å². The van der Waals surface area contributed by atoms with Crippen molar-refractivity contribution in [2.45, 2.75) is 53.9 Å². The molecule has 182 valence electrons. The Morgan fingerprint density at radius 1 is 1.09 bits per heavy atom. The lowest BCUT2D eigenvalue weighted by molar-refractivity contribution is -0.145. The third-order valence-electron chi connectivity index (χ3n) is 5.87. The SMILES string of the molecule is CC1=C(/C=C/C(C)=C\C=C\C(C)=C/COC(=O)COC(=O)c2ccccc2O)C(C)(C)CCC1. The molecule has 0 bridgehead atoms. The van der Waals surface area contributed by atoms with Gasteiger partial charge in [0.1, 0.15) is 17.9 Å². The van der Waals surface area contributed by atoms with E-state index >= 15 is 0 Å². The quantitative estimate of drug-likeness (QED) is 0.328. The molecule has 0 unspecified atom stereocenters. The Morgan fingerprint density at radius 2 is 1.82 bits per heavy atom. The lowest BCUT2D eigenvalue weighted by Crippen LogP contribution is -2.19. The van der Waals surface area contributed by atoms with E-state index in [0.29, 0.717) is 0 Å². The minimum atomic E-state index is -0.778. The topological polar surface area (TPSA) is 72.8 Å². The number of hydrogen-bond donors (Lipinski definition) is 1. The Kier molecular flexibility index (Phi) is 10.1. The Balaban J connectivity index is 1.78. The van der Waals surface area contributed by atoms with E-state index in [-0.39, 0.29) is 23.3 Å². The summed E-state index contributed by atoms with van der Waals surface area (Å²) in [6.45, 7) is 10.4. The van der Waals surface area contributed by atoms with E-state index in [2.05, 4.69) is 39.8 Å². The fraction of sp³-hybridized carbons (Fsp3) is 0.379. The number of phenolic OH excluding ortho intramolecular Hbond substituents is 1. The van der Waals surface area contributed by atoms with Crippen molar-refractivity contribution in [1.29, 1.82) is 0 Å². The molecule has 5 nitrogen and oxygen atoms in total. The molecule has 1 N–H and O–H groups in total. The predicted octanol–water partition coefficient (Wildman–Crippen LogP) is 6.62. The summed E-state index contributed by atoms with van der Waals surface area (Å²) < 4.78 is 9.95. The van der Waals surface area contributed by atoms with Gasteiger partial charge in [-0.3, -0.25) is 0 Å². The van der Waals surface area contributed by atoms with Crippen molar-refractivity contribution in [1.82, 2.24) is 0 Å². The first-order chi connectivity index (χ1) is 16.1. The van der Waals surface area contributed by atoms with Crippen LogP contribution in [0.25, 0.3) is 0 Å². The number of carbonyl (C=O) groups excluding carboxylic acids is 2. The molecule has 0 amide bonds. The zero-order chi connectivity index (χ0) is 25.1. The van der Waals surface area contributed by atoms with E-state index in [1.165, 1.54) is 42.5 Å². The molecule has 2 rings (SSSR count). The molecule has 0 aliphatic heterocycles. The van der Waals surface area contributed by atoms with E-state index in [0.717, 1.165) is 11.1 Å². The van der Waals surface area contributed by atoms with Gasteiger partial charge in [-0.2, -0.15) is 0 Å². The third kappa shape index (κ3) is 8.54. The van der Waals surface area contributed by atoms with Crippen molar-refractivity contribution in [3.05, 3.63) is 88.6 Å². The molecule has 0 atom stereocenters. The first kappa shape index (κ1) is 26.9. The molecule has 1 aromatic carbocycles. The highest BCUT2D eigenvalue weighted by molar-refractivity contribution is 5.93. The Hall–Kier alpha value is -3.34. The maximum absolute atomic E-state index is 11.9. The molecule has 0 spiro atoms. The molecular weight excluding hydrogens is 428 g/mol. The largest absolute Gasteiger partial charge is 0.507 e. The summed E-state index contributed by atoms with van der Waals surface area (Å²) in [6.07, 6.45) is 15.8. The number of hydrogen-bond acceptors (Lipinski definition) is 5.